The van der Waals surface area contributed by atoms with Crippen LogP contribution in [0.4, 0.5) is 0 Å². The average Bonchev–Trinajstić information content (AvgIpc) is 3.62. The van der Waals surface area contributed by atoms with Crippen molar-refractivity contribution in [2.75, 3.05) is 27.7 Å². The van der Waals surface area contributed by atoms with Crippen LogP contribution in [0.25, 0.3) is 0 Å². The number of esters is 2. The van der Waals surface area contributed by atoms with Crippen LogP contribution in [0.15, 0.2) is 35.7 Å². The Kier molecular flexibility index (Phi) is 17.1. The Hall–Kier alpha value is -3.64. The molecule has 1 aliphatic heterocycles. The highest BCUT2D eigenvalue weighted by Gasteiger charge is 2.38. The summed E-state index contributed by atoms with van der Waals surface area (Å²) in [5.41, 5.74) is 1.19. The first kappa shape index (κ1) is 43.8. The number of thiazole rings is 1. The largest absolute Gasteiger partial charge is 0.469 e. The Morgan fingerprint density at radius 2 is 1.75 bits per heavy atom. The molecule has 53 heavy (non-hydrogen) atoms. The van der Waals surface area contributed by atoms with E-state index >= 15 is 0 Å². The maximum atomic E-state index is 14.3. The highest BCUT2D eigenvalue weighted by atomic mass is 32.1. The summed E-state index contributed by atoms with van der Waals surface area (Å²) in [6.45, 7) is 14.3. The number of ketones is 1. The SMILES string of the molecule is CC[C@H](C)[C@H](CC(=O)[C@H]1C[C@H](C)CCN1C)C(=O)N(C)[C@H](C[C@@H](OC(C)=O)c1nc(C(=O)N[C@@H](Cc2ccccc2)C[C@H](C)C(=O)OC)cs1)C(C)C. The molecule has 2 amide bonds. The number of carbonyl (C=O) groups is 5. The standard InChI is InChI=1S/C41H62N4O7S/c1-11-27(5)32(22-36(47)35-19-26(4)17-18-44(35)8)40(49)45(9)34(25(2)3)23-37(52-29(7)46)39-43-33(24-53-39)38(48)42-31(20-28(6)41(50)51-10)21-30-15-13-12-14-16-30/h12-16,24-28,31-32,34-35,37H,11,17-23H2,1-10H3,(H,42,48)/t26-,27+,28+,31-,32+,34-,35-,37-/m1/s1. The molecule has 2 heterocycles. The van der Waals surface area contributed by atoms with Gasteiger partial charge in [-0.1, -0.05) is 78.3 Å². The number of carbonyl (C=O) groups excluding carboxylic acids is 5. The zero-order chi connectivity index (χ0) is 39.4. The second-order valence-corrected chi connectivity index (χ2v) is 16.4. The zero-order valence-corrected chi connectivity index (χ0v) is 34.2. The highest BCUT2D eigenvalue weighted by Crippen LogP contribution is 2.33. The Bertz CT molecular complexity index is 1510. The predicted octanol–water partition coefficient (Wildman–Crippen LogP) is 6.51. The minimum Gasteiger partial charge on any atom is -0.469 e. The van der Waals surface area contributed by atoms with Crippen LogP contribution in [0.3, 0.4) is 0 Å². The lowest BCUT2D eigenvalue weighted by Crippen LogP contribution is -2.48. The molecule has 294 valence electrons. The third-order valence-corrected chi connectivity index (χ3v) is 11.8. The lowest BCUT2D eigenvalue weighted by atomic mass is 9.81. The van der Waals surface area contributed by atoms with Crippen LogP contribution in [0, 0.1) is 29.6 Å². The van der Waals surface area contributed by atoms with Crippen LogP contribution in [0.5, 0.6) is 0 Å². The van der Waals surface area contributed by atoms with Gasteiger partial charge in [-0.15, -0.1) is 11.3 Å². The third-order valence-electron chi connectivity index (χ3n) is 10.9. The van der Waals surface area contributed by atoms with Gasteiger partial charge in [0, 0.05) is 50.2 Å². The van der Waals surface area contributed by atoms with Gasteiger partial charge < -0.3 is 19.7 Å². The molecule has 1 aromatic heterocycles. The second-order valence-electron chi connectivity index (χ2n) is 15.5. The van der Waals surface area contributed by atoms with Crippen molar-refractivity contribution in [3.05, 3.63) is 52.0 Å². The number of likely N-dealkylation sites (N-methyl/N-ethyl adjacent to an activating group) is 1. The molecule has 0 saturated carbocycles. The van der Waals surface area contributed by atoms with E-state index in [0.717, 1.165) is 31.4 Å². The number of aromatic nitrogens is 1. The Labute approximate surface area is 320 Å². The number of Topliss-reactive ketones (excluding diaryl/α,β-unsaturated/α-hetero) is 1. The molecular weight excluding hydrogens is 693 g/mol. The van der Waals surface area contributed by atoms with E-state index < -0.39 is 29.8 Å². The maximum Gasteiger partial charge on any atom is 0.308 e. The van der Waals surface area contributed by atoms with Crippen molar-refractivity contribution >= 4 is 40.9 Å². The fraction of sp³-hybridized carbons (Fsp3) is 0.659. The number of methoxy groups -OCH3 is 1. The number of rotatable bonds is 19. The monoisotopic (exact) mass is 754 g/mol. The van der Waals surface area contributed by atoms with Crippen LogP contribution in [-0.4, -0.2) is 90.2 Å². The summed E-state index contributed by atoms with van der Waals surface area (Å²) in [5.74, 6) is -1.69. The van der Waals surface area contributed by atoms with E-state index in [2.05, 4.69) is 22.1 Å². The van der Waals surface area contributed by atoms with Crippen LogP contribution in [0.2, 0.25) is 0 Å². The molecule has 0 radical (unpaired) electrons. The van der Waals surface area contributed by atoms with Crippen molar-refractivity contribution in [1.29, 1.82) is 0 Å². The van der Waals surface area contributed by atoms with E-state index in [-0.39, 0.29) is 66.2 Å². The number of piperidine rings is 1. The molecule has 2 aromatic rings. The fourth-order valence-corrected chi connectivity index (χ4v) is 8.18. The summed E-state index contributed by atoms with van der Waals surface area (Å²) in [6, 6.07) is 8.82. The summed E-state index contributed by atoms with van der Waals surface area (Å²) < 4.78 is 10.7. The first-order valence-electron chi connectivity index (χ1n) is 19.1. The summed E-state index contributed by atoms with van der Waals surface area (Å²) >= 11 is 1.22. The average molecular weight is 755 g/mol. The molecule has 0 spiro atoms. The number of hydrogen-bond acceptors (Lipinski definition) is 10. The first-order valence-corrected chi connectivity index (χ1v) is 20.0. The van der Waals surface area contributed by atoms with E-state index in [1.54, 1.807) is 24.3 Å². The van der Waals surface area contributed by atoms with Gasteiger partial charge in [-0.05, 0) is 62.6 Å². The summed E-state index contributed by atoms with van der Waals surface area (Å²) in [4.78, 5) is 74.7. The lowest BCUT2D eigenvalue weighted by molar-refractivity contribution is -0.149. The van der Waals surface area contributed by atoms with Gasteiger partial charge in [0.1, 0.15) is 10.7 Å². The number of amides is 2. The Balaban J connectivity index is 1.82. The van der Waals surface area contributed by atoms with Crippen molar-refractivity contribution in [2.24, 2.45) is 29.6 Å². The maximum absolute atomic E-state index is 14.3. The van der Waals surface area contributed by atoms with E-state index in [1.165, 1.54) is 25.4 Å². The molecule has 1 fully saturated rings. The van der Waals surface area contributed by atoms with Gasteiger partial charge in [0.15, 0.2) is 11.9 Å². The summed E-state index contributed by atoms with van der Waals surface area (Å²) in [5, 5.41) is 5.14. The molecule has 1 aliphatic rings. The zero-order valence-electron chi connectivity index (χ0n) is 33.4. The van der Waals surface area contributed by atoms with Gasteiger partial charge in [-0.25, -0.2) is 4.98 Å². The van der Waals surface area contributed by atoms with E-state index in [0.29, 0.717) is 23.8 Å². The molecule has 1 aromatic carbocycles. The van der Waals surface area contributed by atoms with Crippen molar-refractivity contribution in [3.8, 4) is 0 Å². The molecule has 3 rings (SSSR count). The first-order chi connectivity index (χ1) is 25.1. The van der Waals surface area contributed by atoms with Gasteiger partial charge in [0.25, 0.3) is 5.91 Å². The van der Waals surface area contributed by atoms with Crippen molar-refractivity contribution < 1.29 is 33.4 Å². The van der Waals surface area contributed by atoms with Crippen molar-refractivity contribution in [1.82, 2.24) is 20.1 Å². The molecular formula is C41H62N4O7S. The smallest absolute Gasteiger partial charge is 0.308 e. The number of hydrogen-bond donors (Lipinski definition) is 1. The van der Waals surface area contributed by atoms with E-state index in [9.17, 15) is 24.0 Å². The van der Waals surface area contributed by atoms with Gasteiger partial charge >= 0.3 is 11.9 Å². The van der Waals surface area contributed by atoms with Gasteiger partial charge in [0.05, 0.1) is 19.1 Å². The minimum atomic E-state index is -0.804. The fourth-order valence-electron chi connectivity index (χ4n) is 7.34. The third kappa shape index (κ3) is 12.7. The Morgan fingerprint density at radius 1 is 1.08 bits per heavy atom. The molecule has 12 heteroatoms. The topological polar surface area (TPSA) is 135 Å². The minimum absolute atomic E-state index is 0.00125. The van der Waals surface area contributed by atoms with Crippen LogP contribution >= 0.6 is 11.3 Å². The van der Waals surface area contributed by atoms with Gasteiger partial charge in [-0.2, -0.15) is 0 Å². The summed E-state index contributed by atoms with van der Waals surface area (Å²) in [6.07, 6.45) is 3.16. The lowest BCUT2D eigenvalue weighted by Gasteiger charge is -2.38. The van der Waals surface area contributed by atoms with Crippen LogP contribution in [-0.2, 0) is 35.1 Å². The van der Waals surface area contributed by atoms with Crippen LogP contribution in [0.1, 0.15) is 114 Å². The van der Waals surface area contributed by atoms with E-state index in [4.69, 9.17) is 9.47 Å². The molecule has 8 atom stereocenters. The summed E-state index contributed by atoms with van der Waals surface area (Å²) in [7, 11) is 5.11. The number of benzene rings is 1. The Morgan fingerprint density at radius 3 is 2.36 bits per heavy atom. The van der Waals surface area contributed by atoms with Gasteiger partial charge in [-0.3, -0.25) is 28.9 Å². The molecule has 1 N–H and O–H groups in total. The number of likely N-dealkylation sites (tertiary alicyclic amines) is 1. The van der Waals surface area contributed by atoms with Crippen molar-refractivity contribution in [2.45, 2.75) is 118 Å². The van der Waals surface area contributed by atoms with Gasteiger partial charge in [0.2, 0.25) is 5.91 Å². The van der Waals surface area contributed by atoms with E-state index in [1.807, 2.05) is 65.1 Å². The molecule has 0 unspecified atom stereocenters. The highest BCUT2D eigenvalue weighted by molar-refractivity contribution is 7.09. The quantitative estimate of drug-likeness (QED) is 0.159. The molecule has 11 nitrogen and oxygen atoms in total. The number of nitrogens with zero attached hydrogens (tertiary/aromatic N) is 3. The number of ether oxygens (including phenoxy) is 2. The molecule has 0 aliphatic carbocycles. The molecule has 1 saturated heterocycles. The van der Waals surface area contributed by atoms with Crippen LogP contribution < -0.4 is 5.32 Å². The predicted molar refractivity (Wildman–Crippen MR) is 207 cm³/mol. The molecule has 0 bridgehead atoms. The second kappa shape index (κ2) is 20.7. The number of nitrogens with one attached hydrogen (secondary N) is 1. The normalized spacial score (nSPS) is 19.7. The van der Waals surface area contributed by atoms with Crippen molar-refractivity contribution in [3.63, 3.8) is 0 Å².